The molecule has 4 heteroatoms. The number of nitrogens with one attached hydrogen (secondary N) is 1. The Morgan fingerprint density at radius 2 is 2.00 bits per heavy atom. The van der Waals surface area contributed by atoms with Crippen molar-refractivity contribution in [2.24, 2.45) is 0 Å². The number of aliphatic hydroxyl groups excluding tert-OH is 1. The third-order valence-electron chi connectivity index (χ3n) is 2.75. The lowest BCUT2D eigenvalue weighted by Crippen LogP contribution is -2.29. The normalized spacial score (nSPS) is 14.6. The van der Waals surface area contributed by atoms with Gasteiger partial charge in [-0.2, -0.15) is 0 Å². The van der Waals surface area contributed by atoms with E-state index in [4.69, 9.17) is 5.11 Å². The van der Waals surface area contributed by atoms with Crippen LogP contribution in [0.3, 0.4) is 0 Å². The fourth-order valence-corrected chi connectivity index (χ4v) is 1.84. The van der Waals surface area contributed by atoms with Crippen molar-refractivity contribution in [3.63, 3.8) is 0 Å². The number of hydrogen-bond acceptors (Lipinski definition) is 2. The highest BCUT2D eigenvalue weighted by atomic mass is 19.1. The lowest BCUT2D eigenvalue weighted by atomic mass is 10.1. The zero-order chi connectivity index (χ0) is 12.8. The predicted octanol–water partition coefficient (Wildman–Crippen LogP) is 2.78. The van der Waals surface area contributed by atoms with E-state index < -0.39 is 11.6 Å². The first-order valence-corrected chi connectivity index (χ1v) is 5.86. The van der Waals surface area contributed by atoms with E-state index in [0.29, 0.717) is 12.0 Å². The summed E-state index contributed by atoms with van der Waals surface area (Å²) < 4.78 is 26.5. The maximum atomic E-state index is 13.5. The summed E-state index contributed by atoms with van der Waals surface area (Å²) in [7, 11) is 0. The standard InChI is InChI=1S/C13H19F2NO/c1-9(4-3-7-17)16-10(2)12-8-11(14)5-6-13(12)15/h5-6,8-10,16-17H,3-4,7H2,1-2H3. The molecule has 0 saturated carbocycles. The summed E-state index contributed by atoms with van der Waals surface area (Å²) in [6.07, 6.45) is 1.50. The van der Waals surface area contributed by atoms with Crippen molar-refractivity contribution in [3.8, 4) is 0 Å². The van der Waals surface area contributed by atoms with Crippen molar-refractivity contribution in [2.75, 3.05) is 6.61 Å². The fraction of sp³-hybridized carbons (Fsp3) is 0.538. The molecule has 0 spiro atoms. The van der Waals surface area contributed by atoms with Gasteiger partial charge in [-0.05, 0) is 44.9 Å². The summed E-state index contributed by atoms with van der Waals surface area (Å²) in [6.45, 7) is 3.91. The van der Waals surface area contributed by atoms with Gasteiger partial charge in [0.05, 0.1) is 0 Å². The van der Waals surface area contributed by atoms with Gasteiger partial charge in [0, 0.05) is 24.3 Å². The second kappa shape index (κ2) is 6.67. The summed E-state index contributed by atoms with van der Waals surface area (Å²) in [5.41, 5.74) is 0.334. The highest BCUT2D eigenvalue weighted by Crippen LogP contribution is 2.18. The topological polar surface area (TPSA) is 32.3 Å². The molecule has 0 aliphatic carbocycles. The van der Waals surface area contributed by atoms with Crippen LogP contribution >= 0.6 is 0 Å². The summed E-state index contributed by atoms with van der Waals surface area (Å²) >= 11 is 0. The molecule has 2 N–H and O–H groups in total. The van der Waals surface area contributed by atoms with Crippen molar-refractivity contribution < 1.29 is 13.9 Å². The molecule has 1 aromatic carbocycles. The van der Waals surface area contributed by atoms with Crippen LogP contribution in [0.4, 0.5) is 8.78 Å². The summed E-state index contributed by atoms with van der Waals surface area (Å²) in [6, 6.07) is 3.37. The lowest BCUT2D eigenvalue weighted by molar-refractivity contribution is 0.274. The van der Waals surface area contributed by atoms with E-state index >= 15 is 0 Å². The molecule has 0 radical (unpaired) electrons. The molecule has 1 rings (SSSR count). The molecule has 0 aliphatic heterocycles. The minimum atomic E-state index is -0.432. The highest BCUT2D eigenvalue weighted by Gasteiger charge is 2.13. The van der Waals surface area contributed by atoms with Crippen LogP contribution in [-0.4, -0.2) is 17.8 Å². The number of benzene rings is 1. The van der Waals surface area contributed by atoms with Crippen LogP contribution in [0.5, 0.6) is 0 Å². The molecule has 0 aromatic heterocycles. The Bertz CT molecular complexity index is 357. The molecule has 1 aromatic rings. The molecule has 2 unspecified atom stereocenters. The number of aliphatic hydroxyl groups is 1. The van der Waals surface area contributed by atoms with Crippen molar-refractivity contribution in [1.82, 2.24) is 5.32 Å². The summed E-state index contributed by atoms with van der Waals surface area (Å²) in [5.74, 6) is -0.834. The van der Waals surface area contributed by atoms with Gasteiger partial charge in [-0.3, -0.25) is 0 Å². The molecule has 0 aliphatic rings. The fourth-order valence-electron chi connectivity index (χ4n) is 1.84. The average molecular weight is 243 g/mol. The van der Waals surface area contributed by atoms with Crippen LogP contribution in [0, 0.1) is 11.6 Å². The van der Waals surface area contributed by atoms with Gasteiger partial charge >= 0.3 is 0 Å². The number of hydrogen-bond donors (Lipinski definition) is 2. The van der Waals surface area contributed by atoms with Crippen LogP contribution in [0.15, 0.2) is 18.2 Å². The van der Waals surface area contributed by atoms with Gasteiger partial charge in [-0.25, -0.2) is 8.78 Å². The average Bonchev–Trinajstić information content (AvgIpc) is 2.29. The minimum absolute atomic E-state index is 0.148. The van der Waals surface area contributed by atoms with Crippen molar-refractivity contribution in [3.05, 3.63) is 35.4 Å². The maximum Gasteiger partial charge on any atom is 0.128 e. The summed E-state index contributed by atoms with van der Waals surface area (Å²) in [4.78, 5) is 0. The molecular weight excluding hydrogens is 224 g/mol. The molecule has 0 saturated heterocycles. The van der Waals surface area contributed by atoms with Crippen LogP contribution in [0.1, 0.15) is 38.3 Å². The largest absolute Gasteiger partial charge is 0.396 e. The molecule has 2 atom stereocenters. The third-order valence-corrected chi connectivity index (χ3v) is 2.75. The van der Waals surface area contributed by atoms with E-state index in [1.807, 2.05) is 6.92 Å². The van der Waals surface area contributed by atoms with E-state index in [-0.39, 0.29) is 18.7 Å². The first kappa shape index (κ1) is 14.1. The van der Waals surface area contributed by atoms with E-state index in [2.05, 4.69) is 5.32 Å². The van der Waals surface area contributed by atoms with E-state index in [0.717, 1.165) is 18.6 Å². The number of halogens is 2. The Morgan fingerprint density at radius 1 is 1.29 bits per heavy atom. The quantitative estimate of drug-likeness (QED) is 0.805. The molecular formula is C13H19F2NO. The monoisotopic (exact) mass is 243 g/mol. The minimum Gasteiger partial charge on any atom is -0.396 e. The van der Waals surface area contributed by atoms with Crippen molar-refractivity contribution in [2.45, 2.75) is 38.8 Å². The third kappa shape index (κ3) is 4.40. The first-order chi connectivity index (χ1) is 8.04. The Morgan fingerprint density at radius 3 is 2.65 bits per heavy atom. The second-order valence-electron chi connectivity index (χ2n) is 4.32. The zero-order valence-corrected chi connectivity index (χ0v) is 10.2. The second-order valence-corrected chi connectivity index (χ2v) is 4.32. The molecule has 0 heterocycles. The van der Waals surface area contributed by atoms with Crippen LogP contribution in [0.2, 0.25) is 0 Å². The van der Waals surface area contributed by atoms with Crippen molar-refractivity contribution >= 4 is 0 Å². The van der Waals surface area contributed by atoms with Crippen LogP contribution in [0.25, 0.3) is 0 Å². The van der Waals surface area contributed by atoms with Crippen LogP contribution < -0.4 is 5.32 Å². The van der Waals surface area contributed by atoms with Gasteiger partial charge in [0.15, 0.2) is 0 Å². The zero-order valence-electron chi connectivity index (χ0n) is 10.2. The van der Waals surface area contributed by atoms with E-state index in [1.165, 1.54) is 6.07 Å². The number of rotatable bonds is 6. The van der Waals surface area contributed by atoms with E-state index in [1.54, 1.807) is 6.92 Å². The SMILES string of the molecule is CC(CCCO)NC(C)c1cc(F)ccc1F. The molecule has 0 amide bonds. The molecule has 2 nitrogen and oxygen atoms in total. The van der Waals surface area contributed by atoms with Crippen LogP contribution in [-0.2, 0) is 0 Å². The first-order valence-electron chi connectivity index (χ1n) is 5.86. The molecule has 0 bridgehead atoms. The van der Waals surface area contributed by atoms with Gasteiger partial charge in [-0.15, -0.1) is 0 Å². The Kier molecular flexibility index (Phi) is 5.51. The Labute approximate surface area is 101 Å². The molecule has 17 heavy (non-hydrogen) atoms. The van der Waals surface area contributed by atoms with Gasteiger partial charge in [0.2, 0.25) is 0 Å². The van der Waals surface area contributed by atoms with Gasteiger partial charge < -0.3 is 10.4 Å². The smallest absolute Gasteiger partial charge is 0.128 e. The van der Waals surface area contributed by atoms with E-state index in [9.17, 15) is 8.78 Å². The van der Waals surface area contributed by atoms with Gasteiger partial charge in [0.25, 0.3) is 0 Å². The maximum absolute atomic E-state index is 13.5. The Balaban J connectivity index is 2.62. The molecule has 96 valence electrons. The van der Waals surface area contributed by atoms with Gasteiger partial charge in [-0.1, -0.05) is 0 Å². The lowest BCUT2D eigenvalue weighted by Gasteiger charge is -2.20. The highest BCUT2D eigenvalue weighted by molar-refractivity contribution is 5.21. The predicted molar refractivity (Wildman–Crippen MR) is 63.7 cm³/mol. The van der Waals surface area contributed by atoms with Gasteiger partial charge in [0.1, 0.15) is 11.6 Å². The molecule has 0 fully saturated rings. The van der Waals surface area contributed by atoms with Crippen molar-refractivity contribution in [1.29, 1.82) is 0 Å². The Hall–Kier alpha value is -1.00. The summed E-state index contributed by atoms with van der Waals surface area (Å²) in [5, 5.41) is 11.9.